The first kappa shape index (κ1) is 18.9. The van der Waals surface area contributed by atoms with E-state index < -0.39 is 0 Å². The number of carbonyl (C=O) groups excluding carboxylic acids is 3. The van der Waals surface area contributed by atoms with E-state index >= 15 is 0 Å². The Bertz CT molecular complexity index is 537. The van der Waals surface area contributed by atoms with Crippen LogP contribution in [-0.4, -0.2) is 42.4 Å². The van der Waals surface area contributed by atoms with E-state index in [2.05, 4.69) is 10.6 Å². The normalized spacial score (nSPS) is 14.9. The fourth-order valence-electron chi connectivity index (χ4n) is 2.24. The molecular weight excluding hydrogens is 320 g/mol. The number of nitrogens with zero attached hydrogens (tertiary/aromatic N) is 1. The predicted octanol–water partition coefficient (Wildman–Crippen LogP) is 0.556. The Morgan fingerprint density at radius 1 is 1.30 bits per heavy atom. The summed E-state index contributed by atoms with van der Waals surface area (Å²) in [6, 6.07) is 8.71. The highest BCUT2D eigenvalue weighted by molar-refractivity contribution is 6.01. The first-order valence-electron chi connectivity index (χ1n) is 7.23. The van der Waals surface area contributed by atoms with E-state index in [-0.39, 0.29) is 49.3 Å². The van der Waals surface area contributed by atoms with Crippen LogP contribution < -0.4 is 16.4 Å². The lowest BCUT2D eigenvalue weighted by molar-refractivity contribution is -0.125. The third-order valence-electron chi connectivity index (χ3n) is 3.45. The lowest BCUT2D eigenvalue weighted by atomic mass is 10.0. The molecule has 1 aliphatic rings. The van der Waals surface area contributed by atoms with Crippen LogP contribution >= 0.6 is 12.4 Å². The lowest BCUT2D eigenvalue weighted by Gasteiger charge is -2.14. The molecule has 0 aromatic heterocycles. The smallest absolute Gasteiger partial charge is 0.324 e. The minimum Gasteiger partial charge on any atom is -0.356 e. The van der Waals surface area contributed by atoms with Gasteiger partial charge >= 0.3 is 6.03 Å². The Kier molecular flexibility index (Phi) is 7.50. The molecule has 1 fully saturated rings. The molecule has 7 nitrogen and oxygen atoms in total. The minimum absolute atomic E-state index is 0. The average molecular weight is 341 g/mol. The highest BCUT2D eigenvalue weighted by atomic mass is 35.5. The number of hydrogen-bond acceptors (Lipinski definition) is 4. The van der Waals surface area contributed by atoms with Gasteiger partial charge < -0.3 is 16.4 Å². The van der Waals surface area contributed by atoms with Gasteiger partial charge in [0.1, 0.15) is 0 Å². The van der Waals surface area contributed by atoms with Gasteiger partial charge in [0.05, 0.1) is 6.54 Å². The molecule has 8 heteroatoms. The number of nitrogens with one attached hydrogen (secondary N) is 2. The van der Waals surface area contributed by atoms with Crippen LogP contribution in [0.15, 0.2) is 30.3 Å². The molecule has 0 spiro atoms. The van der Waals surface area contributed by atoms with E-state index in [1.165, 1.54) is 0 Å². The molecule has 1 aromatic rings. The number of urea groups is 1. The van der Waals surface area contributed by atoms with Crippen LogP contribution in [0.2, 0.25) is 0 Å². The zero-order chi connectivity index (χ0) is 15.9. The lowest BCUT2D eigenvalue weighted by Crippen LogP contribution is -2.35. The van der Waals surface area contributed by atoms with Crippen molar-refractivity contribution in [1.29, 1.82) is 0 Å². The van der Waals surface area contributed by atoms with Gasteiger partial charge in [-0.2, -0.15) is 0 Å². The van der Waals surface area contributed by atoms with E-state index in [9.17, 15) is 14.4 Å². The van der Waals surface area contributed by atoms with E-state index in [1.807, 2.05) is 30.3 Å². The molecule has 0 radical (unpaired) electrons. The molecule has 2 rings (SSSR count). The van der Waals surface area contributed by atoms with Crippen LogP contribution in [-0.2, 0) is 9.59 Å². The molecule has 23 heavy (non-hydrogen) atoms. The summed E-state index contributed by atoms with van der Waals surface area (Å²) in [5.74, 6) is -0.379. The number of carbonyl (C=O) groups is 3. The fourth-order valence-corrected chi connectivity index (χ4v) is 2.24. The van der Waals surface area contributed by atoms with Crippen molar-refractivity contribution in [3.63, 3.8) is 0 Å². The summed E-state index contributed by atoms with van der Waals surface area (Å²) in [4.78, 5) is 35.6. The van der Waals surface area contributed by atoms with Crippen molar-refractivity contribution in [2.75, 3.05) is 19.6 Å². The van der Waals surface area contributed by atoms with Gasteiger partial charge in [0.25, 0.3) is 0 Å². The average Bonchev–Trinajstić information content (AvgIpc) is 2.83. The van der Waals surface area contributed by atoms with Crippen molar-refractivity contribution in [2.24, 2.45) is 5.73 Å². The molecule has 1 aromatic carbocycles. The number of benzene rings is 1. The Hall–Kier alpha value is -2.12. The zero-order valence-corrected chi connectivity index (χ0v) is 13.5. The summed E-state index contributed by atoms with van der Waals surface area (Å²) in [5.41, 5.74) is 6.88. The van der Waals surface area contributed by atoms with Crippen molar-refractivity contribution in [1.82, 2.24) is 15.5 Å². The van der Waals surface area contributed by atoms with Crippen LogP contribution in [0.5, 0.6) is 0 Å². The fraction of sp³-hybridized carbons (Fsp3) is 0.400. The summed E-state index contributed by atoms with van der Waals surface area (Å²) >= 11 is 0. The highest BCUT2D eigenvalue weighted by Crippen LogP contribution is 2.12. The first-order valence-corrected chi connectivity index (χ1v) is 7.23. The van der Waals surface area contributed by atoms with Gasteiger partial charge in [-0.1, -0.05) is 30.3 Å². The first-order chi connectivity index (χ1) is 10.6. The summed E-state index contributed by atoms with van der Waals surface area (Å²) in [5, 5.41) is 5.20. The number of amides is 4. The third kappa shape index (κ3) is 5.54. The SMILES string of the molecule is Cl.NC(CC(=O)NCCCN1C(=O)CNC1=O)c1ccccc1. The monoisotopic (exact) mass is 340 g/mol. The quantitative estimate of drug-likeness (QED) is 0.498. The summed E-state index contributed by atoms with van der Waals surface area (Å²) in [7, 11) is 0. The largest absolute Gasteiger partial charge is 0.356 e. The summed E-state index contributed by atoms with van der Waals surface area (Å²) in [6.45, 7) is 0.754. The summed E-state index contributed by atoms with van der Waals surface area (Å²) < 4.78 is 0. The van der Waals surface area contributed by atoms with Gasteiger partial charge in [-0.05, 0) is 12.0 Å². The van der Waals surface area contributed by atoms with Gasteiger partial charge in [-0.25, -0.2) is 4.79 Å². The number of hydrogen-bond donors (Lipinski definition) is 3. The van der Waals surface area contributed by atoms with Gasteiger partial charge in [-0.3, -0.25) is 14.5 Å². The van der Waals surface area contributed by atoms with Crippen molar-refractivity contribution in [2.45, 2.75) is 18.9 Å². The van der Waals surface area contributed by atoms with Gasteiger partial charge in [0, 0.05) is 25.6 Å². The molecule has 1 unspecified atom stereocenters. The van der Waals surface area contributed by atoms with Crippen LogP contribution in [0.3, 0.4) is 0 Å². The number of rotatable bonds is 7. The maximum atomic E-state index is 11.8. The van der Waals surface area contributed by atoms with E-state index in [0.29, 0.717) is 19.5 Å². The van der Waals surface area contributed by atoms with Crippen molar-refractivity contribution in [3.8, 4) is 0 Å². The maximum absolute atomic E-state index is 11.8. The third-order valence-corrected chi connectivity index (χ3v) is 3.45. The molecule has 0 saturated carbocycles. The minimum atomic E-state index is -0.373. The molecule has 0 aliphatic carbocycles. The van der Waals surface area contributed by atoms with Gasteiger partial charge in [-0.15, -0.1) is 12.4 Å². The second-order valence-corrected chi connectivity index (χ2v) is 5.13. The summed E-state index contributed by atoms with van der Waals surface area (Å²) in [6.07, 6.45) is 0.721. The topological polar surface area (TPSA) is 105 Å². The highest BCUT2D eigenvalue weighted by Gasteiger charge is 2.27. The second kappa shape index (κ2) is 9.12. The maximum Gasteiger partial charge on any atom is 0.324 e. The molecule has 1 saturated heterocycles. The van der Waals surface area contributed by atoms with Crippen LogP contribution in [0.4, 0.5) is 4.79 Å². The van der Waals surface area contributed by atoms with Crippen LogP contribution in [0, 0.1) is 0 Å². The molecule has 126 valence electrons. The van der Waals surface area contributed by atoms with Crippen LogP contribution in [0.1, 0.15) is 24.4 Å². The van der Waals surface area contributed by atoms with E-state index in [0.717, 1.165) is 10.5 Å². The standard InChI is InChI=1S/C15H20N4O3.ClH/c16-12(11-5-2-1-3-6-11)9-13(20)17-7-4-8-19-14(21)10-18-15(19)22;/h1-3,5-6,12H,4,7-10,16H2,(H,17,20)(H,18,22);1H. The predicted molar refractivity (Wildman–Crippen MR) is 88.0 cm³/mol. The second-order valence-electron chi connectivity index (χ2n) is 5.13. The van der Waals surface area contributed by atoms with Crippen molar-refractivity contribution < 1.29 is 14.4 Å². The Morgan fingerprint density at radius 3 is 2.61 bits per heavy atom. The molecule has 4 N–H and O–H groups in total. The molecule has 4 amide bonds. The molecule has 1 atom stereocenters. The van der Waals surface area contributed by atoms with Crippen LogP contribution in [0.25, 0.3) is 0 Å². The molecule has 0 bridgehead atoms. The van der Waals surface area contributed by atoms with Gasteiger partial charge in [0.2, 0.25) is 11.8 Å². The Labute approximate surface area is 141 Å². The Morgan fingerprint density at radius 2 is 2.00 bits per heavy atom. The molecule has 1 aliphatic heterocycles. The number of imide groups is 1. The number of halogens is 1. The Balaban J connectivity index is 0.00000264. The number of nitrogens with two attached hydrogens (primary N) is 1. The van der Waals surface area contributed by atoms with E-state index in [4.69, 9.17) is 5.73 Å². The van der Waals surface area contributed by atoms with Gasteiger partial charge in [0.15, 0.2) is 0 Å². The molecule has 1 heterocycles. The molecular formula is C15H21ClN4O3. The van der Waals surface area contributed by atoms with Crippen molar-refractivity contribution >= 4 is 30.3 Å². The zero-order valence-electron chi connectivity index (χ0n) is 12.7. The van der Waals surface area contributed by atoms with E-state index in [1.54, 1.807) is 0 Å². The van der Waals surface area contributed by atoms with Crippen molar-refractivity contribution in [3.05, 3.63) is 35.9 Å².